The average molecular weight is 321 g/mol. The zero-order valence-corrected chi connectivity index (χ0v) is 12.9. The maximum absolute atomic E-state index is 11.2. The van der Waals surface area contributed by atoms with E-state index in [2.05, 4.69) is 4.74 Å². The van der Waals surface area contributed by atoms with Crippen molar-refractivity contribution >= 4 is 25.7 Å². The maximum atomic E-state index is 11.2. The summed E-state index contributed by atoms with van der Waals surface area (Å²) >= 11 is 0. The topological polar surface area (TPSA) is 69.7 Å². The Morgan fingerprint density at radius 1 is 1.30 bits per heavy atom. The molecule has 1 rings (SSSR count). The molecule has 0 N–H and O–H groups in total. The molecule has 0 fully saturated rings. The number of hydrogen-bond donors (Lipinski definition) is 0. The summed E-state index contributed by atoms with van der Waals surface area (Å²) < 4.78 is 32.1. The second-order valence-electron chi connectivity index (χ2n) is 4.31. The molecule has 1 aromatic rings. The number of carbonyl (C=O) groups is 1. The lowest BCUT2D eigenvalue weighted by Crippen LogP contribution is -2.19. The van der Waals surface area contributed by atoms with Crippen LogP contribution in [0.15, 0.2) is 24.3 Å². The highest BCUT2D eigenvalue weighted by molar-refractivity contribution is 8.13. The van der Waals surface area contributed by atoms with Gasteiger partial charge in [0.1, 0.15) is 5.75 Å². The van der Waals surface area contributed by atoms with Gasteiger partial charge < -0.3 is 9.47 Å². The first-order chi connectivity index (χ1) is 9.35. The van der Waals surface area contributed by atoms with E-state index in [-0.39, 0.29) is 18.3 Å². The van der Waals surface area contributed by atoms with Crippen molar-refractivity contribution in [3.63, 3.8) is 0 Å². The summed E-state index contributed by atoms with van der Waals surface area (Å²) in [5.41, 5.74) is 0.426. The Morgan fingerprint density at radius 3 is 2.35 bits per heavy atom. The zero-order chi connectivity index (χ0) is 15.2. The second kappa shape index (κ2) is 7.50. The van der Waals surface area contributed by atoms with Crippen molar-refractivity contribution in [2.45, 2.75) is 13.3 Å². The standard InChI is InChI=1S/C13H17ClO5S/c1-3-10(9-20(14,16)17)8-19-12-6-4-11(5-7-12)13(15)18-2/h4-7,10H,3,8-9H2,1-2H3. The molecule has 0 radical (unpaired) electrons. The summed E-state index contributed by atoms with van der Waals surface area (Å²) in [4.78, 5) is 11.2. The average Bonchev–Trinajstić information content (AvgIpc) is 2.42. The van der Waals surface area contributed by atoms with Crippen LogP contribution in [0, 0.1) is 5.92 Å². The van der Waals surface area contributed by atoms with E-state index >= 15 is 0 Å². The molecule has 0 saturated heterocycles. The molecule has 0 heterocycles. The van der Waals surface area contributed by atoms with E-state index < -0.39 is 15.0 Å². The van der Waals surface area contributed by atoms with E-state index in [1.165, 1.54) is 7.11 Å². The number of halogens is 1. The Morgan fingerprint density at radius 2 is 1.90 bits per heavy atom. The molecule has 1 unspecified atom stereocenters. The molecule has 0 amide bonds. The van der Waals surface area contributed by atoms with Gasteiger partial charge in [-0.2, -0.15) is 0 Å². The monoisotopic (exact) mass is 320 g/mol. The Balaban J connectivity index is 2.58. The normalized spacial score (nSPS) is 12.8. The molecule has 0 aromatic heterocycles. The number of benzene rings is 1. The maximum Gasteiger partial charge on any atom is 0.337 e. The van der Waals surface area contributed by atoms with Crippen molar-refractivity contribution in [3.05, 3.63) is 29.8 Å². The largest absolute Gasteiger partial charge is 0.493 e. The highest BCUT2D eigenvalue weighted by Gasteiger charge is 2.16. The van der Waals surface area contributed by atoms with E-state index in [1.54, 1.807) is 24.3 Å². The Kier molecular flexibility index (Phi) is 6.29. The molecule has 7 heteroatoms. The lowest BCUT2D eigenvalue weighted by Gasteiger charge is -2.14. The third-order valence-corrected chi connectivity index (χ3v) is 4.02. The summed E-state index contributed by atoms with van der Waals surface area (Å²) in [6.45, 7) is 2.12. The summed E-state index contributed by atoms with van der Waals surface area (Å²) in [5, 5.41) is 0. The van der Waals surface area contributed by atoms with Gasteiger partial charge in [0.05, 0.1) is 25.0 Å². The van der Waals surface area contributed by atoms with Crippen molar-refractivity contribution in [3.8, 4) is 5.75 Å². The van der Waals surface area contributed by atoms with Gasteiger partial charge in [-0.3, -0.25) is 0 Å². The molecule has 0 saturated carbocycles. The first kappa shape index (κ1) is 16.8. The van der Waals surface area contributed by atoms with Crippen molar-refractivity contribution in [2.75, 3.05) is 19.5 Å². The van der Waals surface area contributed by atoms with Crippen LogP contribution in [0.25, 0.3) is 0 Å². The van der Waals surface area contributed by atoms with Crippen LogP contribution in [-0.2, 0) is 13.8 Å². The number of hydrogen-bond acceptors (Lipinski definition) is 5. The first-order valence-corrected chi connectivity index (χ1v) is 8.57. The van der Waals surface area contributed by atoms with Crippen molar-refractivity contribution in [1.29, 1.82) is 0 Å². The van der Waals surface area contributed by atoms with Gasteiger partial charge in [0.25, 0.3) is 0 Å². The quantitative estimate of drug-likeness (QED) is 0.570. The molecule has 5 nitrogen and oxygen atoms in total. The number of carbonyl (C=O) groups excluding carboxylic acids is 1. The van der Waals surface area contributed by atoms with E-state index in [0.29, 0.717) is 17.7 Å². The molecule has 0 aliphatic rings. The van der Waals surface area contributed by atoms with Gasteiger partial charge in [0.2, 0.25) is 9.05 Å². The highest BCUT2D eigenvalue weighted by Crippen LogP contribution is 2.16. The predicted octanol–water partition coefficient (Wildman–Crippen LogP) is 2.45. The van der Waals surface area contributed by atoms with Crippen LogP contribution in [0.2, 0.25) is 0 Å². The summed E-state index contributed by atoms with van der Waals surface area (Å²) in [6.07, 6.45) is 0.645. The summed E-state index contributed by atoms with van der Waals surface area (Å²) in [6, 6.07) is 6.43. The van der Waals surface area contributed by atoms with Gasteiger partial charge in [-0.15, -0.1) is 0 Å². The van der Waals surface area contributed by atoms with E-state index in [0.717, 1.165) is 0 Å². The molecule has 0 spiro atoms. The molecule has 112 valence electrons. The third kappa shape index (κ3) is 5.79. The van der Waals surface area contributed by atoms with Gasteiger partial charge in [-0.1, -0.05) is 6.92 Å². The fourth-order valence-corrected chi connectivity index (χ4v) is 3.01. The molecule has 0 aliphatic heterocycles. The van der Waals surface area contributed by atoms with Crippen LogP contribution in [0.3, 0.4) is 0 Å². The SMILES string of the molecule is CCC(COc1ccc(C(=O)OC)cc1)CS(=O)(=O)Cl. The van der Waals surface area contributed by atoms with Gasteiger partial charge in [0.15, 0.2) is 0 Å². The lowest BCUT2D eigenvalue weighted by molar-refractivity contribution is 0.0600. The van der Waals surface area contributed by atoms with Gasteiger partial charge >= 0.3 is 5.97 Å². The van der Waals surface area contributed by atoms with Crippen LogP contribution in [0.4, 0.5) is 0 Å². The number of ether oxygens (including phenoxy) is 2. The minimum Gasteiger partial charge on any atom is -0.493 e. The minimum atomic E-state index is -3.53. The van der Waals surface area contributed by atoms with Crippen molar-refractivity contribution < 1.29 is 22.7 Å². The van der Waals surface area contributed by atoms with Crippen molar-refractivity contribution in [2.24, 2.45) is 5.92 Å². The highest BCUT2D eigenvalue weighted by atomic mass is 35.7. The Labute approximate surface area is 123 Å². The Bertz CT molecular complexity index is 538. The van der Waals surface area contributed by atoms with Crippen LogP contribution >= 0.6 is 10.7 Å². The second-order valence-corrected chi connectivity index (χ2v) is 7.13. The molecule has 1 aromatic carbocycles. The van der Waals surface area contributed by atoms with E-state index in [1.807, 2.05) is 6.92 Å². The van der Waals surface area contributed by atoms with Crippen LogP contribution < -0.4 is 4.74 Å². The van der Waals surface area contributed by atoms with Gasteiger partial charge in [0, 0.05) is 16.6 Å². The first-order valence-electron chi connectivity index (χ1n) is 6.09. The molecular formula is C13H17ClO5S. The van der Waals surface area contributed by atoms with Crippen molar-refractivity contribution in [1.82, 2.24) is 0 Å². The molecule has 1 atom stereocenters. The molecule has 0 aliphatic carbocycles. The van der Waals surface area contributed by atoms with E-state index in [4.69, 9.17) is 15.4 Å². The number of methoxy groups -OCH3 is 1. The van der Waals surface area contributed by atoms with Gasteiger partial charge in [-0.25, -0.2) is 13.2 Å². The smallest absolute Gasteiger partial charge is 0.337 e. The van der Waals surface area contributed by atoms with E-state index in [9.17, 15) is 13.2 Å². The van der Waals surface area contributed by atoms with Gasteiger partial charge in [-0.05, 0) is 30.7 Å². The zero-order valence-electron chi connectivity index (χ0n) is 11.3. The minimum absolute atomic E-state index is 0.120. The predicted molar refractivity (Wildman–Crippen MR) is 76.7 cm³/mol. The lowest BCUT2D eigenvalue weighted by atomic mass is 10.1. The van der Waals surface area contributed by atoms with Crippen LogP contribution in [0.5, 0.6) is 5.75 Å². The molecule has 20 heavy (non-hydrogen) atoms. The third-order valence-electron chi connectivity index (χ3n) is 2.77. The Hall–Kier alpha value is -1.27. The summed E-state index contributed by atoms with van der Waals surface area (Å²) in [5.74, 6) is -0.150. The fourth-order valence-electron chi connectivity index (χ4n) is 1.58. The fraction of sp³-hybridized carbons (Fsp3) is 0.462. The summed E-state index contributed by atoms with van der Waals surface area (Å²) in [7, 11) is 3.01. The molecular weight excluding hydrogens is 304 g/mol. The molecule has 0 bridgehead atoms. The van der Waals surface area contributed by atoms with Crippen LogP contribution in [-0.4, -0.2) is 33.9 Å². The number of esters is 1. The van der Waals surface area contributed by atoms with Crippen LogP contribution in [0.1, 0.15) is 23.7 Å². The number of rotatable bonds is 7.